The first-order valence-electron chi connectivity index (χ1n) is 6.28. The maximum absolute atomic E-state index is 11.1. The second kappa shape index (κ2) is 8.34. The van der Waals surface area contributed by atoms with Crippen LogP contribution < -0.4 is 0 Å². The predicted molar refractivity (Wildman–Crippen MR) is 67.1 cm³/mol. The molecule has 0 aromatic carbocycles. The summed E-state index contributed by atoms with van der Waals surface area (Å²) in [5.74, 6) is -0.231. The molecule has 0 unspecified atom stereocenters. The lowest BCUT2D eigenvalue weighted by Crippen LogP contribution is -2.48. The number of hydrogen-bond acceptors (Lipinski definition) is 2. The van der Waals surface area contributed by atoms with E-state index in [0.717, 1.165) is 37.1 Å². The van der Waals surface area contributed by atoms with Crippen LogP contribution >= 0.6 is 0 Å². The van der Waals surface area contributed by atoms with Crippen LogP contribution in [0.25, 0.3) is 0 Å². The van der Waals surface area contributed by atoms with Crippen molar-refractivity contribution in [1.82, 2.24) is 0 Å². The van der Waals surface area contributed by atoms with E-state index in [-0.39, 0.29) is 5.97 Å². The number of allylic oxidation sites excluding steroid dienone is 1. The van der Waals surface area contributed by atoms with Gasteiger partial charge in [0.1, 0.15) is 0 Å². The number of rotatable bonds is 8. The van der Waals surface area contributed by atoms with Gasteiger partial charge >= 0.3 is 5.97 Å². The van der Waals surface area contributed by atoms with E-state index < -0.39 is 0 Å². The SMILES string of the molecule is C/C=C/C(=O)OCCC[N+](CC)(CC)CC. The third kappa shape index (κ3) is 5.31. The Labute approximate surface area is 99.7 Å². The quantitative estimate of drug-likeness (QED) is 0.276. The molecule has 0 rings (SSSR count). The maximum Gasteiger partial charge on any atom is 0.330 e. The lowest BCUT2D eigenvalue weighted by molar-refractivity contribution is -0.923. The Kier molecular flexibility index (Phi) is 7.90. The third-order valence-corrected chi connectivity index (χ3v) is 3.34. The molecule has 0 bridgehead atoms. The summed E-state index contributed by atoms with van der Waals surface area (Å²) in [4.78, 5) is 11.1. The monoisotopic (exact) mass is 228 g/mol. The topological polar surface area (TPSA) is 26.3 Å². The minimum atomic E-state index is -0.231. The summed E-state index contributed by atoms with van der Waals surface area (Å²) in [5.41, 5.74) is 0. The Morgan fingerprint density at radius 2 is 1.75 bits per heavy atom. The minimum Gasteiger partial charge on any atom is -0.462 e. The molecule has 0 aromatic rings. The molecule has 0 aliphatic rings. The van der Waals surface area contributed by atoms with Crippen molar-refractivity contribution in [2.75, 3.05) is 32.8 Å². The molecular weight excluding hydrogens is 202 g/mol. The van der Waals surface area contributed by atoms with Gasteiger partial charge in [0.05, 0.1) is 32.8 Å². The molecule has 0 atom stereocenters. The first-order chi connectivity index (χ1) is 7.64. The van der Waals surface area contributed by atoms with Gasteiger partial charge < -0.3 is 9.22 Å². The molecule has 94 valence electrons. The Morgan fingerprint density at radius 3 is 2.19 bits per heavy atom. The Hall–Kier alpha value is -0.830. The number of esters is 1. The average molecular weight is 228 g/mol. The second-order valence-corrected chi connectivity index (χ2v) is 4.03. The molecule has 3 heteroatoms. The fourth-order valence-corrected chi connectivity index (χ4v) is 1.90. The van der Waals surface area contributed by atoms with Crippen molar-refractivity contribution >= 4 is 5.97 Å². The molecule has 3 nitrogen and oxygen atoms in total. The van der Waals surface area contributed by atoms with Crippen molar-refractivity contribution in [2.24, 2.45) is 0 Å². The number of carbonyl (C=O) groups excluding carboxylic acids is 1. The Bertz CT molecular complexity index is 212. The van der Waals surface area contributed by atoms with E-state index in [0.29, 0.717) is 6.61 Å². The van der Waals surface area contributed by atoms with Crippen LogP contribution in [0.4, 0.5) is 0 Å². The summed E-state index contributed by atoms with van der Waals surface area (Å²) in [6.45, 7) is 13.5. The van der Waals surface area contributed by atoms with Crippen LogP contribution in [0.1, 0.15) is 34.1 Å². The van der Waals surface area contributed by atoms with Crippen LogP contribution in [-0.2, 0) is 9.53 Å². The summed E-state index contributed by atoms with van der Waals surface area (Å²) in [6, 6.07) is 0. The van der Waals surface area contributed by atoms with Gasteiger partial charge in [-0.2, -0.15) is 0 Å². The van der Waals surface area contributed by atoms with Crippen LogP contribution in [-0.4, -0.2) is 43.2 Å². The smallest absolute Gasteiger partial charge is 0.330 e. The van der Waals surface area contributed by atoms with Crippen molar-refractivity contribution in [2.45, 2.75) is 34.1 Å². The van der Waals surface area contributed by atoms with E-state index in [4.69, 9.17) is 4.74 Å². The number of carbonyl (C=O) groups is 1. The molecule has 0 aliphatic heterocycles. The zero-order valence-electron chi connectivity index (χ0n) is 11.2. The molecule has 0 amide bonds. The highest BCUT2D eigenvalue weighted by molar-refractivity contribution is 5.81. The molecule has 16 heavy (non-hydrogen) atoms. The van der Waals surface area contributed by atoms with Crippen LogP contribution in [0, 0.1) is 0 Å². The maximum atomic E-state index is 11.1. The van der Waals surface area contributed by atoms with E-state index in [2.05, 4.69) is 20.8 Å². The summed E-state index contributed by atoms with van der Waals surface area (Å²) in [5, 5.41) is 0. The molecule has 0 aromatic heterocycles. The molecule has 0 saturated carbocycles. The van der Waals surface area contributed by atoms with Crippen LogP contribution in [0.3, 0.4) is 0 Å². The number of quaternary nitrogens is 1. The van der Waals surface area contributed by atoms with Crippen LogP contribution in [0.15, 0.2) is 12.2 Å². The highest BCUT2D eigenvalue weighted by atomic mass is 16.5. The van der Waals surface area contributed by atoms with E-state index in [9.17, 15) is 4.79 Å². The fraction of sp³-hybridized carbons (Fsp3) is 0.769. The second-order valence-electron chi connectivity index (χ2n) is 4.03. The molecule has 0 saturated heterocycles. The van der Waals surface area contributed by atoms with Crippen molar-refractivity contribution in [3.8, 4) is 0 Å². The lowest BCUT2D eigenvalue weighted by Gasteiger charge is -2.35. The van der Waals surface area contributed by atoms with Gasteiger partial charge in [0.2, 0.25) is 0 Å². The van der Waals surface area contributed by atoms with Gasteiger partial charge in [-0.15, -0.1) is 0 Å². The van der Waals surface area contributed by atoms with Gasteiger partial charge in [-0.05, 0) is 27.7 Å². The van der Waals surface area contributed by atoms with E-state index in [1.54, 1.807) is 6.08 Å². The largest absolute Gasteiger partial charge is 0.462 e. The number of hydrogen-bond donors (Lipinski definition) is 0. The van der Waals surface area contributed by atoms with Gasteiger partial charge in [0.25, 0.3) is 0 Å². The van der Waals surface area contributed by atoms with E-state index >= 15 is 0 Å². The third-order valence-electron chi connectivity index (χ3n) is 3.34. The zero-order valence-corrected chi connectivity index (χ0v) is 11.2. The van der Waals surface area contributed by atoms with E-state index in [1.807, 2.05) is 6.92 Å². The first kappa shape index (κ1) is 15.2. The summed E-state index contributed by atoms with van der Waals surface area (Å²) < 4.78 is 6.19. The normalized spacial score (nSPS) is 12.0. The van der Waals surface area contributed by atoms with Gasteiger partial charge in [-0.1, -0.05) is 6.08 Å². The van der Waals surface area contributed by atoms with Gasteiger partial charge in [-0.25, -0.2) is 4.79 Å². The molecule has 0 fully saturated rings. The van der Waals surface area contributed by atoms with Gasteiger partial charge in [0.15, 0.2) is 0 Å². The highest BCUT2D eigenvalue weighted by Gasteiger charge is 2.19. The molecule has 0 aliphatic carbocycles. The predicted octanol–water partition coefficient (Wildman–Crippen LogP) is 2.37. The van der Waals surface area contributed by atoms with Gasteiger partial charge in [0, 0.05) is 12.5 Å². The van der Waals surface area contributed by atoms with Crippen molar-refractivity contribution in [1.29, 1.82) is 0 Å². The van der Waals surface area contributed by atoms with Crippen LogP contribution in [0.5, 0.6) is 0 Å². The molecule has 0 spiro atoms. The number of ether oxygens (including phenoxy) is 1. The van der Waals surface area contributed by atoms with Crippen LogP contribution in [0.2, 0.25) is 0 Å². The molecule has 0 radical (unpaired) electrons. The van der Waals surface area contributed by atoms with E-state index in [1.165, 1.54) is 6.08 Å². The first-order valence-corrected chi connectivity index (χ1v) is 6.28. The fourth-order valence-electron chi connectivity index (χ4n) is 1.90. The van der Waals surface area contributed by atoms with Crippen molar-refractivity contribution in [3.63, 3.8) is 0 Å². The average Bonchev–Trinajstić information content (AvgIpc) is 2.31. The molecule has 0 heterocycles. The zero-order chi connectivity index (χ0) is 12.4. The molecular formula is C13H26NO2+. The highest BCUT2D eigenvalue weighted by Crippen LogP contribution is 2.07. The van der Waals surface area contributed by atoms with Crippen molar-refractivity contribution < 1.29 is 14.0 Å². The number of nitrogens with zero attached hydrogens (tertiary/aromatic N) is 1. The lowest BCUT2D eigenvalue weighted by atomic mass is 10.3. The summed E-state index contributed by atoms with van der Waals surface area (Å²) in [7, 11) is 0. The standard InChI is InChI=1S/C13H26NO2/c1-5-10-13(15)16-12-9-11-14(6-2,7-3)8-4/h5,10H,6-9,11-12H2,1-4H3/q+1/b10-5+. The Balaban J connectivity index is 3.83. The minimum absolute atomic E-state index is 0.231. The summed E-state index contributed by atoms with van der Waals surface area (Å²) >= 11 is 0. The Morgan fingerprint density at radius 1 is 1.19 bits per heavy atom. The molecule has 0 N–H and O–H groups in total. The van der Waals surface area contributed by atoms with Gasteiger partial charge in [-0.3, -0.25) is 0 Å². The van der Waals surface area contributed by atoms with Crippen molar-refractivity contribution in [3.05, 3.63) is 12.2 Å². The summed E-state index contributed by atoms with van der Waals surface area (Å²) in [6.07, 6.45) is 4.10.